The second-order valence-corrected chi connectivity index (χ2v) is 3.28. The van der Waals surface area contributed by atoms with Gasteiger partial charge in [0.15, 0.2) is 0 Å². The molecule has 0 bridgehead atoms. The second-order valence-electron chi connectivity index (χ2n) is 3.28. The van der Waals surface area contributed by atoms with Crippen LogP contribution < -0.4 is 0 Å². The Kier molecular flexibility index (Phi) is 4.75. The van der Waals surface area contributed by atoms with E-state index in [1.54, 1.807) is 18.2 Å². The summed E-state index contributed by atoms with van der Waals surface area (Å²) in [6, 6.07) is 5.01. The third-order valence-electron chi connectivity index (χ3n) is 1.99. The van der Waals surface area contributed by atoms with Crippen LogP contribution in [-0.2, 0) is 15.7 Å². The van der Waals surface area contributed by atoms with Gasteiger partial charge in [0.2, 0.25) is 0 Å². The van der Waals surface area contributed by atoms with Crippen molar-refractivity contribution >= 4 is 12.5 Å². The molecule has 0 unspecified atom stereocenters. The van der Waals surface area contributed by atoms with Crippen LogP contribution in [0.1, 0.15) is 17.5 Å². The minimum Gasteiger partial charge on any atom is -0.468 e. The standard InChI is InChI=1S/C12H11F3O2/c13-12(14,15)11-6-3-5-10(8-11)4-1-2-7-17-9-16/h1,3-6,8-9H,2,7H2. The largest absolute Gasteiger partial charge is 0.468 e. The molecule has 0 saturated heterocycles. The summed E-state index contributed by atoms with van der Waals surface area (Å²) in [7, 11) is 0. The summed E-state index contributed by atoms with van der Waals surface area (Å²) in [6.07, 6.45) is -0.651. The molecule has 1 aromatic rings. The van der Waals surface area contributed by atoms with Crippen molar-refractivity contribution in [2.45, 2.75) is 12.6 Å². The normalized spacial score (nSPS) is 11.7. The summed E-state index contributed by atoms with van der Waals surface area (Å²) in [6.45, 7) is 0.553. The summed E-state index contributed by atoms with van der Waals surface area (Å²) in [5.74, 6) is 0. The fraction of sp³-hybridized carbons (Fsp3) is 0.250. The van der Waals surface area contributed by atoms with E-state index < -0.39 is 11.7 Å². The van der Waals surface area contributed by atoms with Crippen molar-refractivity contribution in [1.29, 1.82) is 0 Å². The average Bonchev–Trinajstić information content (AvgIpc) is 2.28. The lowest BCUT2D eigenvalue weighted by molar-refractivity contribution is -0.137. The zero-order chi connectivity index (χ0) is 12.7. The van der Waals surface area contributed by atoms with E-state index in [4.69, 9.17) is 0 Å². The first-order chi connectivity index (χ1) is 8.04. The predicted octanol–water partition coefficient (Wildman–Crippen LogP) is 3.28. The van der Waals surface area contributed by atoms with E-state index in [0.717, 1.165) is 12.1 Å². The Morgan fingerprint density at radius 1 is 1.29 bits per heavy atom. The van der Waals surface area contributed by atoms with Gasteiger partial charge in [0.1, 0.15) is 0 Å². The molecule has 0 N–H and O–H groups in total. The molecule has 1 aromatic carbocycles. The van der Waals surface area contributed by atoms with Crippen LogP contribution in [0.3, 0.4) is 0 Å². The van der Waals surface area contributed by atoms with Crippen molar-refractivity contribution < 1.29 is 22.7 Å². The van der Waals surface area contributed by atoms with Crippen LogP contribution in [0, 0.1) is 0 Å². The number of ether oxygens (including phenoxy) is 1. The zero-order valence-corrected chi connectivity index (χ0v) is 8.91. The van der Waals surface area contributed by atoms with E-state index in [1.807, 2.05) is 0 Å². The van der Waals surface area contributed by atoms with Gasteiger partial charge in [-0.1, -0.05) is 24.3 Å². The first kappa shape index (κ1) is 13.3. The van der Waals surface area contributed by atoms with Crippen LogP contribution in [-0.4, -0.2) is 13.1 Å². The number of carbonyl (C=O) groups excluding carboxylic acids is 1. The molecular formula is C12H11F3O2. The molecule has 0 aliphatic carbocycles. The van der Waals surface area contributed by atoms with Crippen LogP contribution >= 0.6 is 0 Å². The summed E-state index contributed by atoms with van der Waals surface area (Å²) < 4.78 is 41.6. The fourth-order valence-corrected chi connectivity index (χ4v) is 1.22. The molecule has 0 fully saturated rings. The van der Waals surface area contributed by atoms with Crippen LogP contribution in [0.2, 0.25) is 0 Å². The number of halogens is 3. The molecule has 5 heteroatoms. The molecule has 0 heterocycles. The topological polar surface area (TPSA) is 26.3 Å². The Balaban J connectivity index is 2.63. The number of benzene rings is 1. The number of hydrogen-bond acceptors (Lipinski definition) is 2. The van der Waals surface area contributed by atoms with E-state index in [2.05, 4.69) is 4.74 Å². The minimum absolute atomic E-state index is 0.221. The summed E-state index contributed by atoms with van der Waals surface area (Å²) in [5, 5.41) is 0. The van der Waals surface area contributed by atoms with Gasteiger partial charge in [-0.15, -0.1) is 0 Å². The maximum absolute atomic E-state index is 12.4. The van der Waals surface area contributed by atoms with Gasteiger partial charge in [-0.05, 0) is 24.1 Å². The molecule has 0 radical (unpaired) electrons. The lowest BCUT2D eigenvalue weighted by Gasteiger charge is -2.06. The summed E-state index contributed by atoms with van der Waals surface area (Å²) in [4.78, 5) is 9.82. The van der Waals surface area contributed by atoms with E-state index in [-0.39, 0.29) is 6.61 Å². The molecule has 0 atom stereocenters. The summed E-state index contributed by atoms with van der Waals surface area (Å²) >= 11 is 0. The molecule has 0 saturated carbocycles. The molecule has 17 heavy (non-hydrogen) atoms. The summed E-state index contributed by atoms with van der Waals surface area (Å²) in [5.41, 5.74) is -0.213. The van der Waals surface area contributed by atoms with Crippen molar-refractivity contribution in [3.8, 4) is 0 Å². The van der Waals surface area contributed by atoms with E-state index in [9.17, 15) is 18.0 Å². The third-order valence-corrected chi connectivity index (χ3v) is 1.99. The molecule has 92 valence electrons. The monoisotopic (exact) mass is 244 g/mol. The fourth-order valence-electron chi connectivity index (χ4n) is 1.22. The van der Waals surface area contributed by atoms with Crippen molar-refractivity contribution in [3.63, 3.8) is 0 Å². The SMILES string of the molecule is O=COCCC=Cc1cccc(C(F)(F)F)c1. The van der Waals surface area contributed by atoms with Gasteiger partial charge in [0.25, 0.3) is 6.47 Å². The zero-order valence-electron chi connectivity index (χ0n) is 8.91. The van der Waals surface area contributed by atoms with Crippen molar-refractivity contribution in [2.75, 3.05) is 6.61 Å². The molecule has 2 nitrogen and oxygen atoms in total. The number of rotatable bonds is 5. The van der Waals surface area contributed by atoms with Gasteiger partial charge in [-0.2, -0.15) is 13.2 Å². The number of hydrogen-bond donors (Lipinski definition) is 0. The van der Waals surface area contributed by atoms with E-state index >= 15 is 0 Å². The van der Waals surface area contributed by atoms with Gasteiger partial charge in [0.05, 0.1) is 12.2 Å². The predicted molar refractivity (Wildman–Crippen MR) is 57.1 cm³/mol. The van der Waals surface area contributed by atoms with Crippen LogP contribution in [0.25, 0.3) is 6.08 Å². The Bertz CT molecular complexity index is 397. The highest BCUT2D eigenvalue weighted by atomic mass is 19.4. The van der Waals surface area contributed by atoms with Crippen molar-refractivity contribution in [3.05, 3.63) is 41.5 Å². The molecule has 0 aliphatic heterocycles. The van der Waals surface area contributed by atoms with Crippen LogP contribution in [0.4, 0.5) is 13.2 Å². The maximum Gasteiger partial charge on any atom is 0.416 e. The molecule has 1 rings (SSSR count). The molecule has 0 aromatic heterocycles. The smallest absolute Gasteiger partial charge is 0.416 e. The quantitative estimate of drug-likeness (QED) is 0.587. The van der Waals surface area contributed by atoms with Crippen LogP contribution in [0.5, 0.6) is 0 Å². The highest BCUT2D eigenvalue weighted by molar-refractivity contribution is 5.50. The van der Waals surface area contributed by atoms with Gasteiger partial charge >= 0.3 is 6.18 Å². The van der Waals surface area contributed by atoms with E-state index in [0.29, 0.717) is 18.5 Å². The number of carbonyl (C=O) groups is 1. The van der Waals surface area contributed by atoms with Crippen molar-refractivity contribution in [2.24, 2.45) is 0 Å². The highest BCUT2D eigenvalue weighted by Crippen LogP contribution is 2.29. The maximum atomic E-state index is 12.4. The molecule has 0 spiro atoms. The lowest BCUT2D eigenvalue weighted by Crippen LogP contribution is -2.04. The first-order valence-electron chi connectivity index (χ1n) is 4.93. The van der Waals surface area contributed by atoms with Gasteiger partial charge < -0.3 is 4.74 Å². The third kappa shape index (κ3) is 4.72. The van der Waals surface area contributed by atoms with Gasteiger partial charge in [-0.25, -0.2) is 0 Å². The first-order valence-corrected chi connectivity index (χ1v) is 4.93. The Morgan fingerprint density at radius 3 is 2.71 bits per heavy atom. The van der Waals surface area contributed by atoms with Gasteiger partial charge in [-0.3, -0.25) is 4.79 Å². The molecule has 0 amide bonds. The molecular weight excluding hydrogens is 233 g/mol. The Labute approximate surface area is 96.7 Å². The van der Waals surface area contributed by atoms with Crippen molar-refractivity contribution in [1.82, 2.24) is 0 Å². The Hall–Kier alpha value is -1.78. The minimum atomic E-state index is -4.33. The highest BCUT2D eigenvalue weighted by Gasteiger charge is 2.30. The number of alkyl halides is 3. The Morgan fingerprint density at radius 2 is 2.06 bits per heavy atom. The molecule has 0 aliphatic rings. The average molecular weight is 244 g/mol. The van der Waals surface area contributed by atoms with Gasteiger partial charge in [0, 0.05) is 0 Å². The van der Waals surface area contributed by atoms with E-state index in [1.165, 1.54) is 6.07 Å². The lowest BCUT2D eigenvalue weighted by atomic mass is 10.1. The van der Waals surface area contributed by atoms with Crippen LogP contribution in [0.15, 0.2) is 30.3 Å². The second kappa shape index (κ2) is 6.08.